The van der Waals surface area contributed by atoms with Gasteiger partial charge >= 0.3 is 0 Å². The number of nitriles is 1. The Morgan fingerprint density at radius 3 is 2.83 bits per heavy atom. The molecule has 1 aliphatic rings. The molecule has 90 valence electrons. The third-order valence-electron chi connectivity index (χ3n) is 2.59. The van der Waals surface area contributed by atoms with Crippen molar-refractivity contribution in [3.05, 3.63) is 41.1 Å². The first-order valence-electron chi connectivity index (χ1n) is 5.23. The zero-order chi connectivity index (χ0) is 13.1. The number of hydrogen-bond acceptors (Lipinski definition) is 4. The zero-order valence-corrected chi connectivity index (χ0v) is 10.5. The zero-order valence-electron chi connectivity index (χ0n) is 9.73. The average molecular weight is 257 g/mol. The minimum Gasteiger partial charge on any atom is -0.497 e. The van der Waals surface area contributed by atoms with Gasteiger partial charge in [0.05, 0.1) is 12.8 Å². The molecule has 0 saturated carbocycles. The van der Waals surface area contributed by atoms with Crippen LogP contribution in [0.15, 0.2) is 35.5 Å². The Balaban J connectivity index is 2.44. The Kier molecular flexibility index (Phi) is 3.31. The number of anilines is 1. The summed E-state index contributed by atoms with van der Waals surface area (Å²) in [5.74, 6) is 0.780. The molecular weight excluding hydrogens is 246 g/mol. The van der Waals surface area contributed by atoms with Crippen molar-refractivity contribution in [1.82, 2.24) is 0 Å². The number of methoxy groups -OCH3 is 1. The summed E-state index contributed by atoms with van der Waals surface area (Å²) in [6, 6.07) is 7.63. The average Bonchev–Trinajstić information content (AvgIpc) is 2.38. The third-order valence-corrected chi connectivity index (χ3v) is 2.79. The van der Waals surface area contributed by atoms with Crippen LogP contribution in [0.4, 0.5) is 5.69 Å². The molecule has 0 atom stereocenters. The number of nitrogens with zero attached hydrogens (tertiary/aromatic N) is 1. The van der Waals surface area contributed by atoms with Gasteiger partial charge in [0.1, 0.15) is 22.4 Å². The van der Waals surface area contributed by atoms with Gasteiger partial charge in [-0.3, -0.25) is 0 Å². The van der Waals surface area contributed by atoms with Crippen molar-refractivity contribution >= 4 is 29.0 Å². The van der Waals surface area contributed by atoms with Crippen molar-refractivity contribution in [2.24, 2.45) is 5.73 Å². The number of nitrogens with one attached hydrogen (secondary N) is 1. The fourth-order valence-corrected chi connectivity index (χ4v) is 1.83. The van der Waals surface area contributed by atoms with Gasteiger partial charge in [0, 0.05) is 11.3 Å². The number of fused-ring (bicyclic) bond motifs is 1. The summed E-state index contributed by atoms with van der Waals surface area (Å²) in [4.78, 5) is 0.0848. The van der Waals surface area contributed by atoms with Crippen molar-refractivity contribution in [3.8, 4) is 11.8 Å². The maximum absolute atomic E-state index is 9.01. The molecular formula is C13H11N3OS. The summed E-state index contributed by atoms with van der Waals surface area (Å²) in [5, 5.41) is 12.1. The van der Waals surface area contributed by atoms with Crippen LogP contribution in [0.1, 0.15) is 5.56 Å². The van der Waals surface area contributed by atoms with Crippen LogP contribution in [0.3, 0.4) is 0 Å². The summed E-state index contributed by atoms with van der Waals surface area (Å²) >= 11 is 4.84. The fourth-order valence-electron chi connectivity index (χ4n) is 1.67. The van der Waals surface area contributed by atoms with Crippen LogP contribution in [-0.2, 0) is 0 Å². The van der Waals surface area contributed by atoms with Crippen molar-refractivity contribution in [3.63, 3.8) is 0 Å². The van der Waals surface area contributed by atoms with Crippen LogP contribution in [-0.4, -0.2) is 12.1 Å². The maximum Gasteiger partial charge on any atom is 0.119 e. The highest BCUT2D eigenvalue weighted by Gasteiger charge is 2.13. The monoisotopic (exact) mass is 257 g/mol. The quantitative estimate of drug-likeness (QED) is 0.483. The first kappa shape index (κ1) is 12.1. The van der Waals surface area contributed by atoms with Gasteiger partial charge in [-0.25, -0.2) is 0 Å². The highest BCUT2D eigenvalue weighted by Crippen LogP contribution is 2.29. The Labute approximate surface area is 110 Å². The van der Waals surface area contributed by atoms with E-state index in [2.05, 4.69) is 5.32 Å². The molecule has 3 N–H and O–H groups in total. The number of nitrogens with two attached hydrogens (primary N) is 1. The van der Waals surface area contributed by atoms with Gasteiger partial charge in [-0.1, -0.05) is 18.3 Å². The van der Waals surface area contributed by atoms with Crippen molar-refractivity contribution in [1.29, 1.82) is 5.26 Å². The molecule has 0 saturated heterocycles. The molecule has 5 heteroatoms. The van der Waals surface area contributed by atoms with Crippen LogP contribution in [0.25, 0.3) is 6.08 Å². The van der Waals surface area contributed by atoms with Crippen LogP contribution < -0.4 is 15.8 Å². The lowest BCUT2D eigenvalue weighted by Gasteiger charge is -2.17. The maximum atomic E-state index is 9.01. The Hall–Kier alpha value is -2.32. The summed E-state index contributed by atoms with van der Waals surface area (Å²) < 4.78 is 5.15. The molecule has 0 aliphatic carbocycles. The lowest BCUT2D eigenvalue weighted by molar-refractivity contribution is 0.415. The first-order chi connectivity index (χ1) is 8.65. The van der Waals surface area contributed by atoms with E-state index in [0.717, 1.165) is 17.0 Å². The predicted molar refractivity (Wildman–Crippen MR) is 75.1 cm³/mol. The molecule has 0 fully saturated rings. The number of hydrogen-bond donors (Lipinski definition) is 2. The van der Waals surface area contributed by atoms with Gasteiger partial charge in [0.2, 0.25) is 0 Å². The van der Waals surface area contributed by atoms with E-state index < -0.39 is 0 Å². The standard InChI is InChI=1S/C13H11N3OS/c1-17-9-3-5-11-8(6-9)2-4-12(16-11)10(7-14)13(15)18/h2-6,16H,1H3,(H2,15,18)/b12-10-. The smallest absolute Gasteiger partial charge is 0.119 e. The second-order valence-corrected chi connectivity index (χ2v) is 4.12. The number of benzene rings is 1. The summed E-state index contributed by atoms with van der Waals surface area (Å²) in [7, 11) is 1.62. The van der Waals surface area contributed by atoms with E-state index in [1.807, 2.05) is 30.3 Å². The molecule has 0 unspecified atom stereocenters. The molecule has 2 rings (SSSR count). The molecule has 4 nitrogen and oxygen atoms in total. The van der Waals surface area contributed by atoms with E-state index in [1.165, 1.54) is 0 Å². The van der Waals surface area contributed by atoms with E-state index in [0.29, 0.717) is 5.70 Å². The fraction of sp³-hybridized carbons (Fsp3) is 0.0769. The molecule has 0 aromatic heterocycles. The van der Waals surface area contributed by atoms with Gasteiger partial charge < -0.3 is 15.8 Å². The van der Waals surface area contributed by atoms with Gasteiger partial charge in [0.15, 0.2) is 0 Å². The van der Waals surface area contributed by atoms with Gasteiger partial charge in [-0.15, -0.1) is 0 Å². The second-order valence-electron chi connectivity index (χ2n) is 3.68. The van der Waals surface area contributed by atoms with E-state index >= 15 is 0 Å². The molecule has 0 spiro atoms. The lowest BCUT2D eigenvalue weighted by Crippen LogP contribution is -2.16. The largest absolute Gasteiger partial charge is 0.497 e. The number of allylic oxidation sites excluding steroid dienone is 1. The summed E-state index contributed by atoms with van der Waals surface area (Å²) in [6.45, 7) is 0. The van der Waals surface area contributed by atoms with Crippen LogP contribution in [0, 0.1) is 11.3 Å². The van der Waals surface area contributed by atoms with Crippen LogP contribution >= 0.6 is 12.2 Å². The van der Waals surface area contributed by atoms with E-state index in [-0.39, 0.29) is 10.6 Å². The van der Waals surface area contributed by atoms with Crippen molar-refractivity contribution in [2.75, 3.05) is 12.4 Å². The van der Waals surface area contributed by atoms with Gasteiger partial charge in [0.25, 0.3) is 0 Å². The minimum absolute atomic E-state index is 0.0848. The molecule has 1 aromatic carbocycles. The topological polar surface area (TPSA) is 71.1 Å². The van der Waals surface area contributed by atoms with E-state index in [4.69, 9.17) is 28.0 Å². The molecule has 1 heterocycles. The highest BCUT2D eigenvalue weighted by atomic mass is 32.1. The second kappa shape index (κ2) is 4.90. The van der Waals surface area contributed by atoms with Crippen LogP contribution in [0.2, 0.25) is 0 Å². The van der Waals surface area contributed by atoms with Gasteiger partial charge in [-0.05, 0) is 24.3 Å². The first-order valence-corrected chi connectivity index (χ1v) is 5.64. The molecule has 18 heavy (non-hydrogen) atoms. The van der Waals surface area contributed by atoms with E-state index in [9.17, 15) is 0 Å². The van der Waals surface area contributed by atoms with Gasteiger partial charge in [-0.2, -0.15) is 5.26 Å². The summed E-state index contributed by atoms with van der Waals surface area (Å²) in [5.41, 5.74) is 8.27. The molecule has 1 aromatic rings. The normalized spacial score (nSPS) is 15.1. The van der Waals surface area contributed by atoms with E-state index in [1.54, 1.807) is 13.2 Å². The number of ether oxygens (including phenoxy) is 1. The minimum atomic E-state index is 0.0848. The van der Waals surface area contributed by atoms with Crippen LogP contribution in [0.5, 0.6) is 5.75 Å². The lowest BCUT2D eigenvalue weighted by atomic mass is 10.1. The number of rotatable bonds is 2. The number of thiocarbonyl (C=S) groups is 1. The molecule has 0 amide bonds. The Morgan fingerprint density at radius 2 is 2.22 bits per heavy atom. The Morgan fingerprint density at radius 1 is 1.44 bits per heavy atom. The summed E-state index contributed by atoms with van der Waals surface area (Å²) in [6.07, 6.45) is 3.67. The molecule has 0 bridgehead atoms. The van der Waals surface area contributed by atoms with Crippen molar-refractivity contribution in [2.45, 2.75) is 0 Å². The predicted octanol–water partition coefficient (Wildman–Crippen LogP) is 2.20. The SMILES string of the molecule is COc1ccc2c(c1)C=C/C(=C(\C#N)C(N)=S)N2. The third kappa shape index (κ3) is 2.19. The molecule has 0 radical (unpaired) electrons. The highest BCUT2D eigenvalue weighted by molar-refractivity contribution is 7.80. The molecule has 1 aliphatic heterocycles. The van der Waals surface area contributed by atoms with Crippen molar-refractivity contribution < 1.29 is 4.74 Å². The Bertz CT molecular complexity index is 611.